The van der Waals surface area contributed by atoms with E-state index < -0.39 is 0 Å². The highest BCUT2D eigenvalue weighted by Gasteiger charge is 2.12. The van der Waals surface area contributed by atoms with Crippen molar-refractivity contribution in [1.29, 1.82) is 0 Å². The van der Waals surface area contributed by atoms with Gasteiger partial charge in [0, 0.05) is 0 Å². The zero-order chi connectivity index (χ0) is 10.2. The topological polar surface area (TPSA) is 3.24 Å². The second kappa shape index (κ2) is 3.90. The minimum absolute atomic E-state index is 0.658. The van der Waals surface area contributed by atoms with E-state index in [1.54, 1.807) is 4.57 Å². The molecule has 13 heavy (non-hydrogen) atoms. The van der Waals surface area contributed by atoms with E-state index in [1.807, 2.05) is 27.0 Å². The smallest absolute Gasteiger partial charge is 0.189 e. The Morgan fingerprint density at radius 2 is 1.85 bits per heavy atom. The second-order valence-corrected chi connectivity index (χ2v) is 4.48. The minimum atomic E-state index is 0.658. The van der Waals surface area contributed by atoms with Crippen LogP contribution in [0.15, 0.2) is 6.07 Å². The van der Waals surface area contributed by atoms with Crippen molar-refractivity contribution in [2.24, 2.45) is 0 Å². The standard InChI is InChI=1S/C9H10Cl2NSi/c1-5-4-7(10)9(12(3)13)8(11)6(5)2/h4H,1-3H3. The first-order valence-electron chi connectivity index (χ1n) is 3.85. The number of hydrogen-bond acceptors (Lipinski definition) is 1. The Morgan fingerprint density at radius 1 is 1.31 bits per heavy atom. The average molecular weight is 231 g/mol. The Balaban J connectivity index is 3.44. The Labute approximate surface area is 92.1 Å². The summed E-state index contributed by atoms with van der Waals surface area (Å²) in [4.78, 5) is 0. The lowest BCUT2D eigenvalue weighted by atomic mass is 10.1. The van der Waals surface area contributed by atoms with Gasteiger partial charge in [-0.1, -0.05) is 23.2 Å². The molecule has 0 N–H and O–H groups in total. The summed E-state index contributed by atoms with van der Waals surface area (Å²) in [5, 5.41) is 1.35. The molecular weight excluding hydrogens is 221 g/mol. The van der Waals surface area contributed by atoms with Gasteiger partial charge in [-0.2, -0.15) is 0 Å². The molecule has 1 aromatic carbocycles. The predicted molar refractivity (Wildman–Crippen MR) is 60.1 cm³/mol. The molecule has 0 aliphatic heterocycles. The van der Waals surface area contributed by atoms with Crippen LogP contribution in [-0.2, 0) is 0 Å². The van der Waals surface area contributed by atoms with Gasteiger partial charge < -0.3 is 4.57 Å². The zero-order valence-electron chi connectivity index (χ0n) is 7.78. The maximum Gasteiger partial charge on any atom is 0.189 e. The molecule has 0 amide bonds. The monoisotopic (exact) mass is 230 g/mol. The van der Waals surface area contributed by atoms with Crippen molar-refractivity contribution in [2.45, 2.75) is 13.8 Å². The molecule has 0 aliphatic rings. The molecule has 0 aliphatic carbocycles. The first kappa shape index (κ1) is 10.9. The Morgan fingerprint density at radius 3 is 2.31 bits per heavy atom. The van der Waals surface area contributed by atoms with Crippen molar-refractivity contribution in [3.05, 3.63) is 27.2 Å². The van der Waals surface area contributed by atoms with E-state index in [-0.39, 0.29) is 0 Å². The molecule has 0 heterocycles. The van der Waals surface area contributed by atoms with Crippen molar-refractivity contribution >= 4 is 39.3 Å². The highest BCUT2D eigenvalue weighted by atomic mass is 35.5. The van der Waals surface area contributed by atoms with Crippen molar-refractivity contribution in [3.8, 4) is 0 Å². The van der Waals surface area contributed by atoms with Crippen LogP contribution >= 0.6 is 23.2 Å². The van der Waals surface area contributed by atoms with Gasteiger partial charge in [0.1, 0.15) is 0 Å². The van der Waals surface area contributed by atoms with Gasteiger partial charge in [0.25, 0.3) is 0 Å². The number of hydrogen-bond donors (Lipinski definition) is 0. The molecule has 0 saturated carbocycles. The summed E-state index contributed by atoms with van der Waals surface area (Å²) in [5.74, 6) is 0. The third-order valence-electron chi connectivity index (χ3n) is 2.03. The number of aryl methyl sites for hydroxylation is 1. The summed E-state index contributed by atoms with van der Waals surface area (Å²) < 4.78 is 1.73. The number of anilines is 1. The second-order valence-electron chi connectivity index (χ2n) is 3.02. The molecule has 4 heteroatoms. The van der Waals surface area contributed by atoms with Crippen LogP contribution in [0.25, 0.3) is 0 Å². The molecule has 0 atom stereocenters. The minimum Gasteiger partial charge on any atom is -0.399 e. The average Bonchev–Trinajstić information content (AvgIpc) is 1.99. The van der Waals surface area contributed by atoms with Crippen LogP contribution in [-0.4, -0.2) is 17.5 Å². The molecular formula is C9H10Cl2NSi. The molecule has 0 spiro atoms. The largest absolute Gasteiger partial charge is 0.399 e. The van der Waals surface area contributed by atoms with E-state index in [1.165, 1.54) is 0 Å². The predicted octanol–water partition coefficient (Wildman–Crippen LogP) is 3.13. The summed E-state index contributed by atoms with van der Waals surface area (Å²) in [5.41, 5.74) is 2.97. The Kier molecular flexibility index (Phi) is 3.27. The first-order chi connectivity index (χ1) is 5.95. The van der Waals surface area contributed by atoms with Crippen molar-refractivity contribution < 1.29 is 0 Å². The van der Waals surface area contributed by atoms with Gasteiger partial charge >= 0.3 is 0 Å². The number of halogens is 2. The number of nitrogens with zero attached hydrogens (tertiary/aromatic N) is 1. The first-order valence-corrected chi connectivity index (χ1v) is 5.05. The molecule has 1 aromatic rings. The third kappa shape index (κ3) is 2.01. The van der Waals surface area contributed by atoms with Crippen molar-refractivity contribution in [2.75, 3.05) is 11.6 Å². The van der Waals surface area contributed by atoms with E-state index in [4.69, 9.17) is 23.2 Å². The lowest BCUT2D eigenvalue weighted by molar-refractivity contribution is 1.28. The molecule has 0 bridgehead atoms. The molecule has 1 rings (SSSR count). The van der Waals surface area contributed by atoms with Gasteiger partial charge in [0.05, 0.1) is 15.7 Å². The molecule has 3 radical (unpaired) electrons. The summed E-state index contributed by atoms with van der Waals surface area (Å²) in [6.45, 7) is 3.97. The maximum atomic E-state index is 6.14. The van der Waals surface area contributed by atoms with Crippen LogP contribution < -0.4 is 4.57 Å². The molecule has 0 unspecified atom stereocenters. The normalized spacial score (nSPS) is 10.3. The lowest BCUT2D eigenvalue weighted by Gasteiger charge is -2.18. The van der Waals surface area contributed by atoms with Crippen LogP contribution in [0, 0.1) is 13.8 Å². The lowest BCUT2D eigenvalue weighted by Crippen LogP contribution is -2.13. The highest BCUT2D eigenvalue weighted by molar-refractivity contribution is 6.41. The number of rotatable bonds is 1. The third-order valence-corrected chi connectivity index (χ3v) is 3.01. The van der Waals surface area contributed by atoms with E-state index in [9.17, 15) is 0 Å². The molecule has 0 fully saturated rings. The van der Waals surface area contributed by atoms with E-state index in [0.717, 1.165) is 16.8 Å². The van der Waals surface area contributed by atoms with Gasteiger partial charge in [0.2, 0.25) is 0 Å². The van der Waals surface area contributed by atoms with Crippen LogP contribution in [0.5, 0.6) is 0 Å². The van der Waals surface area contributed by atoms with Crippen LogP contribution in [0.2, 0.25) is 10.0 Å². The Bertz CT molecular complexity index is 337. The van der Waals surface area contributed by atoms with E-state index in [0.29, 0.717) is 10.0 Å². The SMILES string of the molecule is Cc1cc(Cl)c(N(C)[Si])c(Cl)c1C. The number of benzene rings is 1. The van der Waals surface area contributed by atoms with E-state index >= 15 is 0 Å². The maximum absolute atomic E-state index is 6.14. The molecule has 69 valence electrons. The fourth-order valence-electron chi connectivity index (χ4n) is 1.13. The van der Waals surface area contributed by atoms with Crippen LogP contribution in [0.4, 0.5) is 5.69 Å². The highest BCUT2D eigenvalue weighted by Crippen LogP contribution is 2.36. The van der Waals surface area contributed by atoms with Crippen molar-refractivity contribution in [1.82, 2.24) is 0 Å². The summed E-state index contributed by atoms with van der Waals surface area (Å²) in [6, 6.07) is 1.91. The van der Waals surface area contributed by atoms with Gasteiger partial charge in [-0.25, -0.2) is 0 Å². The Hall–Kier alpha value is -0.183. The van der Waals surface area contributed by atoms with Crippen molar-refractivity contribution in [3.63, 3.8) is 0 Å². The molecule has 0 aromatic heterocycles. The molecule has 0 saturated heterocycles. The molecule has 1 nitrogen and oxygen atoms in total. The summed E-state index contributed by atoms with van der Waals surface area (Å²) >= 11 is 12.2. The summed E-state index contributed by atoms with van der Waals surface area (Å²) in [6.07, 6.45) is 0. The fourth-order valence-corrected chi connectivity index (χ4v) is 2.31. The van der Waals surface area contributed by atoms with Gasteiger partial charge in [-0.05, 0) is 38.1 Å². The van der Waals surface area contributed by atoms with Crippen LogP contribution in [0.3, 0.4) is 0 Å². The van der Waals surface area contributed by atoms with Gasteiger partial charge in [-0.15, -0.1) is 0 Å². The van der Waals surface area contributed by atoms with E-state index in [2.05, 4.69) is 10.4 Å². The van der Waals surface area contributed by atoms with Gasteiger partial charge in [0.15, 0.2) is 10.4 Å². The quantitative estimate of drug-likeness (QED) is 0.671. The summed E-state index contributed by atoms with van der Waals surface area (Å²) in [7, 11) is 5.20. The zero-order valence-corrected chi connectivity index (χ0v) is 10.3. The fraction of sp³-hybridized carbons (Fsp3) is 0.333. The van der Waals surface area contributed by atoms with Crippen LogP contribution in [0.1, 0.15) is 11.1 Å². The van der Waals surface area contributed by atoms with Gasteiger partial charge in [-0.3, -0.25) is 0 Å².